The van der Waals surface area contributed by atoms with Crippen molar-refractivity contribution in [2.45, 2.75) is 32.2 Å². The lowest BCUT2D eigenvalue weighted by atomic mass is 10.2. The van der Waals surface area contributed by atoms with Crippen molar-refractivity contribution in [2.75, 3.05) is 26.2 Å². The zero-order chi connectivity index (χ0) is 13.4. The highest BCUT2D eigenvalue weighted by molar-refractivity contribution is 5.83. The van der Waals surface area contributed by atoms with Crippen LogP contribution in [0.5, 0.6) is 0 Å². The average Bonchev–Trinajstić information content (AvgIpc) is 3.03. The summed E-state index contributed by atoms with van der Waals surface area (Å²) in [4.78, 5) is 16.9. The van der Waals surface area contributed by atoms with Gasteiger partial charge in [-0.1, -0.05) is 0 Å². The summed E-state index contributed by atoms with van der Waals surface area (Å²) in [6, 6.07) is 4.46. The largest absolute Gasteiger partial charge is 0.469 e. The van der Waals surface area contributed by atoms with Crippen LogP contribution in [-0.2, 0) is 4.79 Å². The first kappa shape index (κ1) is 12.7. The van der Waals surface area contributed by atoms with Gasteiger partial charge in [0.2, 0.25) is 5.91 Å². The second-order valence-electron chi connectivity index (χ2n) is 5.92. The van der Waals surface area contributed by atoms with Gasteiger partial charge in [-0.05, 0) is 32.4 Å². The Balaban J connectivity index is 1.53. The molecule has 2 unspecified atom stereocenters. The van der Waals surface area contributed by atoms with E-state index in [-0.39, 0.29) is 5.92 Å². The van der Waals surface area contributed by atoms with Crippen molar-refractivity contribution in [3.63, 3.8) is 0 Å². The van der Waals surface area contributed by atoms with Crippen LogP contribution in [0.1, 0.15) is 31.9 Å². The van der Waals surface area contributed by atoms with Crippen molar-refractivity contribution in [2.24, 2.45) is 5.92 Å². The van der Waals surface area contributed by atoms with Crippen LogP contribution in [0, 0.1) is 5.92 Å². The molecule has 1 aliphatic heterocycles. The maximum absolute atomic E-state index is 12.4. The number of amides is 1. The van der Waals surface area contributed by atoms with Gasteiger partial charge < -0.3 is 9.32 Å². The maximum atomic E-state index is 12.4. The molecule has 4 nitrogen and oxygen atoms in total. The lowest BCUT2D eigenvalue weighted by Crippen LogP contribution is -2.51. The number of piperazine rings is 1. The summed E-state index contributed by atoms with van der Waals surface area (Å²) >= 11 is 0. The molecule has 2 fully saturated rings. The number of carbonyl (C=O) groups is 1. The van der Waals surface area contributed by atoms with Crippen LogP contribution >= 0.6 is 0 Å². The van der Waals surface area contributed by atoms with Gasteiger partial charge in [0.25, 0.3) is 0 Å². The fourth-order valence-corrected chi connectivity index (χ4v) is 2.98. The molecule has 2 aliphatic rings. The summed E-state index contributed by atoms with van der Waals surface area (Å²) in [5.41, 5.74) is 0. The molecular formula is C15H22N2O2. The summed E-state index contributed by atoms with van der Waals surface area (Å²) < 4.78 is 5.39. The van der Waals surface area contributed by atoms with Gasteiger partial charge in [0.1, 0.15) is 5.76 Å². The molecule has 19 heavy (non-hydrogen) atoms. The molecule has 0 spiro atoms. The van der Waals surface area contributed by atoms with Gasteiger partial charge in [-0.3, -0.25) is 9.69 Å². The third kappa shape index (κ3) is 2.54. The van der Waals surface area contributed by atoms with Crippen LogP contribution in [-0.4, -0.2) is 47.9 Å². The third-order valence-corrected chi connectivity index (χ3v) is 4.37. The fourth-order valence-electron chi connectivity index (χ4n) is 2.98. The molecule has 0 aromatic carbocycles. The first-order chi connectivity index (χ1) is 9.16. The number of nitrogens with zero attached hydrogens (tertiary/aromatic N) is 2. The molecule has 1 saturated heterocycles. The number of hydrogen-bond donors (Lipinski definition) is 0. The summed E-state index contributed by atoms with van der Waals surface area (Å²) in [7, 11) is 0. The highest BCUT2D eigenvalue weighted by Gasteiger charge is 2.47. The van der Waals surface area contributed by atoms with Crippen LogP contribution < -0.4 is 0 Å². The second kappa shape index (κ2) is 5.00. The minimum absolute atomic E-state index is 0.164. The van der Waals surface area contributed by atoms with E-state index in [0.717, 1.165) is 38.4 Å². The molecular weight excluding hydrogens is 240 g/mol. The van der Waals surface area contributed by atoms with Crippen molar-refractivity contribution in [1.29, 1.82) is 0 Å². The Labute approximate surface area is 114 Å². The van der Waals surface area contributed by atoms with E-state index in [9.17, 15) is 4.79 Å². The molecule has 104 valence electrons. The average molecular weight is 262 g/mol. The number of rotatable bonds is 3. The Hall–Kier alpha value is -1.29. The van der Waals surface area contributed by atoms with E-state index in [4.69, 9.17) is 4.42 Å². The highest BCUT2D eigenvalue weighted by atomic mass is 16.3. The zero-order valence-electron chi connectivity index (χ0n) is 11.7. The normalized spacial score (nSPS) is 27.8. The predicted molar refractivity (Wildman–Crippen MR) is 72.8 cm³/mol. The van der Waals surface area contributed by atoms with E-state index in [1.165, 1.54) is 0 Å². The van der Waals surface area contributed by atoms with Crippen LogP contribution in [0.15, 0.2) is 22.8 Å². The summed E-state index contributed by atoms with van der Waals surface area (Å²) in [5.74, 6) is 1.78. The Morgan fingerprint density at radius 1 is 1.32 bits per heavy atom. The summed E-state index contributed by atoms with van der Waals surface area (Å²) in [6.07, 6.45) is 2.65. The van der Waals surface area contributed by atoms with Crippen molar-refractivity contribution < 1.29 is 9.21 Å². The first-order valence-electron chi connectivity index (χ1n) is 7.23. The Kier molecular flexibility index (Phi) is 3.35. The predicted octanol–water partition coefficient (Wildman–Crippen LogP) is 1.94. The van der Waals surface area contributed by atoms with E-state index < -0.39 is 0 Å². The molecule has 1 saturated carbocycles. The van der Waals surface area contributed by atoms with Crippen LogP contribution in [0.25, 0.3) is 0 Å². The Bertz CT molecular complexity index is 433. The van der Waals surface area contributed by atoms with Gasteiger partial charge in [-0.15, -0.1) is 0 Å². The van der Waals surface area contributed by atoms with Gasteiger partial charge in [-0.2, -0.15) is 0 Å². The molecule has 1 aromatic rings. The van der Waals surface area contributed by atoms with Crippen molar-refractivity contribution in [3.8, 4) is 0 Å². The second-order valence-corrected chi connectivity index (χ2v) is 5.92. The number of furan rings is 1. The van der Waals surface area contributed by atoms with Crippen LogP contribution in [0.2, 0.25) is 0 Å². The van der Waals surface area contributed by atoms with E-state index in [1.54, 1.807) is 6.26 Å². The molecule has 4 heteroatoms. The molecule has 1 amide bonds. The molecule has 2 heterocycles. The third-order valence-electron chi connectivity index (χ3n) is 4.37. The number of carbonyl (C=O) groups excluding carboxylic acids is 1. The Morgan fingerprint density at radius 3 is 2.63 bits per heavy atom. The molecule has 3 rings (SSSR count). The minimum Gasteiger partial charge on any atom is -0.469 e. The topological polar surface area (TPSA) is 36.7 Å². The van der Waals surface area contributed by atoms with E-state index in [1.807, 2.05) is 17.0 Å². The van der Waals surface area contributed by atoms with Crippen LogP contribution in [0.3, 0.4) is 0 Å². The summed E-state index contributed by atoms with van der Waals surface area (Å²) in [5, 5.41) is 0. The smallest absolute Gasteiger partial charge is 0.226 e. The van der Waals surface area contributed by atoms with Gasteiger partial charge in [0.05, 0.1) is 6.26 Å². The fraction of sp³-hybridized carbons (Fsp3) is 0.667. The van der Waals surface area contributed by atoms with E-state index >= 15 is 0 Å². The van der Waals surface area contributed by atoms with Crippen molar-refractivity contribution in [1.82, 2.24) is 9.80 Å². The monoisotopic (exact) mass is 262 g/mol. The molecule has 0 N–H and O–H groups in total. The molecule has 0 radical (unpaired) electrons. The minimum atomic E-state index is 0.164. The standard InChI is InChI=1S/C15H22N2O2/c1-11(2)16-5-7-17(8-6-16)15(18)13-10-12(13)14-4-3-9-19-14/h3-4,9,11-13H,5-8,10H2,1-2H3. The lowest BCUT2D eigenvalue weighted by Gasteiger charge is -2.37. The SMILES string of the molecule is CC(C)N1CCN(C(=O)C2CC2c2ccco2)CC1. The molecule has 1 aliphatic carbocycles. The van der Waals surface area contributed by atoms with Crippen molar-refractivity contribution >= 4 is 5.91 Å². The first-order valence-corrected chi connectivity index (χ1v) is 7.23. The maximum Gasteiger partial charge on any atom is 0.226 e. The van der Waals surface area contributed by atoms with Crippen LogP contribution in [0.4, 0.5) is 0 Å². The quantitative estimate of drug-likeness (QED) is 0.835. The van der Waals surface area contributed by atoms with E-state index in [2.05, 4.69) is 18.7 Å². The highest BCUT2D eigenvalue weighted by Crippen LogP contribution is 2.48. The summed E-state index contributed by atoms with van der Waals surface area (Å²) in [6.45, 7) is 8.18. The van der Waals surface area contributed by atoms with Crippen molar-refractivity contribution in [3.05, 3.63) is 24.2 Å². The van der Waals surface area contributed by atoms with Gasteiger partial charge in [-0.25, -0.2) is 0 Å². The lowest BCUT2D eigenvalue weighted by molar-refractivity contribution is -0.134. The molecule has 2 atom stereocenters. The van der Waals surface area contributed by atoms with Gasteiger partial charge >= 0.3 is 0 Å². The molecule has 0 bridgehead atoms. The van der Waals surface area contributed by atoms with Gasteiger partial charge in [0, 0.05) is 44.1 Å². The Morgan fingerprint density at radius 2 is 2.05 bits per heavy atom. The van der Waals surface area contributed by atoms with Gasteiger partial charge in [0.15, 0.2) is 0 Å². The molecule has 1 aromatic heterocycles. The zero-order valence-corrected chi connectivity index (χ0v) is 11.7. The van der Waals surface area contributed by atoms with E-state index in [0.29, 0.717) is 17.9 Å². The number of hydrogen-bond acceptors (Lipinski definition) is 3.